The van der Waals surface area contributed by atoms with Crippen molar-refractivity contribution in [3.8, 4) is 0 Å². The first kappa shape index (κ1) is 17.9. The molecule has 1 atom stereocenters. The van der Waals surface area contributed by atoms with Gasteiger partial charge in [-0.2, -0.15) is 5.10 Å². The van der Waals surface area contributed by atoms with E-state index in [0.29, 0.717) is 51.5 Å². The Morgan fingerprint density at radius 1 is 1.32 bits per heavy atom. The van der Waals surface area contributed by atoms with Crippen LogP contribution < -0.4 is 5.32 Å². The molecule has 0 aromatic carbocycles. The van der Waals surface area contributed by atoms with E-state index in [4.69, 9.17) is 4.74 Å². The van der Waals surface area contributed by atoms with E-state index >= 15 is 0 Å². The van der Waals surface area contributed by atoms with Gasteiger partial charge in [-0.3, -0.25) is 14.3 Å². The van der Waals surface area contributed by atoms with Gasteiger partial charge in [-0.05, 0) is 13.3 Å². The summed E-state index contributed by atoms with van der Waals surface area (Å²) >= 11 is 0. The predicted octanol–water partition coefficient (Wildman–Crippen LogP) is -0.126. The van der Waals surface area contributed by atoms with E-state index in [1.807, 2.05) is 11.6 Å². The summed E-state index contributed by atoms with van der Waals surface area (Å²) in [6.07, 6.45) is 2.76. The van der Waals surface area contributed by atoms with Gasteiger partial charge in [0.2, 0.25) is 5.91 Å². The minimum atomic E-state index is -0.465. The number of piperazine rings is 1. The average Bonchev–Trinajstić information content (AvgIpc) is 3.02. The summed E-state index contributed by atoms with van der Waals surface area (Å²) in [5.41, 5.74) is 1.31. The van der Waals surface area contributed by atoms with E-state index in [1.165, 1.54) is 0 Å². The maximum Gasteiger partial charge on any atom is 0.258 e. The van der Waals surface area contributed by atoms with E-state index < -0.39 is 6.04 Å². The minimum absolute atomic E-state index is 0.00227. The zero-order valence-corrected chi connectivity index (χ0v) is 15.0. The molecular formula is C17H27N5O3. The first-order valence-corrected chi connectivity index (χ1v) is 9.04. The number of amides is 2. The summed E-state index contributed by atoms with van der Waals surface area (Å²) in [5, 5.41) is 7.66. The number of nitrogens with one attached hydrogen (secondary N) is 1. The molecule has 25 heavy (non-hydrogen) atoms. The number of carbonyl (C=O) groups is 2. The lowest BCUT2D eigenvalue weighted by Gasteiger charge is -2.39. The molecule has 0 spiro atoms. The highest BCUT2D eigenvalue weighted by Gasteiger charge is 2.36. The number of morpholine rings is 1. The van der Waals surface area contributed by atoms with Crippen molar-refractivity contribution in [3.05, 3.63) is 17.5 Å². The molecule has 1 N–H and O–H groups in total. The lowest BCUT2D eigenvalue weighted by atomic mass is 10.1. The molecule has 1 aromatic heterocycles. The fourth-order valence-corrected chi connectivity index (χ4v) is 3.39. The van der Waals surface area contributed by atoms with E-state index in [0.717, 1.165) is 18.7 Å². The number of hydrogen-bond donors (Lipinski definition) is 1. The van der Waals surface area contributed by atoms with Gasteiger partial charge >= 0.3 is 0 Å². The van der Waals surface area contributed by atoms with Crippen LogP contribution in [-0.2, 0) is 16.1 Å². The Bertz CT molecular complexity index is 624. The van der Waals surface area contributed by atoms with E-state index in [1.54, 1.807) is 16.0 Å². The van der Waals surface area contributed by atoms with Crippen LogP contribution in [0.2, 0.25) is 0 Å². The van der Waals surface area contributed by atoms with Crippen LogP contribution in [0, 0.1) is 6.92 Å². The van der Waals surface area contributed by atoms with Crippen LogP contribution in [0.1, 0.15) is 29.4 Å². The van der Waals surface area contributed by atoms with Crippen LogP contribution in [0.5, 0.6) is 0 Å². The highest BCUT2D eigenvalue weighted by atomic mass is 16.5. The Morgan fingerprint density at radius 3 is 2.80 bits per heavy atom. The number of carbonyl (C=O) groups excluding carboxylic acids is 2. The Kier molecular flexibility index (Phi) is 5.70. The van der Waals surface area contributed by atoms with Crippen LogP contribution in [0.4, 0.5) is 0 Å². The Labute approximate surface area is 148 Å². The normalized spacial score (nSPS) is 21.4. The zero-order valence-electron chi connectivity index (χ0n) is 15.0. The summed E-state index contributed by atoms with van der Waals surface area (Å²) in [5.74, 6) is -0.101. The second kappa shape index (κ2) is 7.97. The van der Waals surface area contributed by atoms with Crippen LogP contribution in [0.25, 0.3) is 0 Å². The molecule has 2 saturated heterocycles. The van der Waals surface area contributed by atoms with Crippen molar-refractivity contribution in [1.29, 1.82) is 0 Å². The molecule has 1 aromatic rings. The van der Waals surface area contributed by atoms with Gasteiger partial charge in [-0.25, -0.2) is 0 Å². The Morgan fingerprint density at radius 2 is 2.08 bits per heavy atom. The van der Waals surface area contributed by atoms with E-state index in [9.17, 15) is 9.59 Å². The monoisotopic (exact) mass is 349 g/mol. The topological polar surface area (TPSA) is 79.7 Å². The quantitative estimate of drug-likeness (QED) is 0.819. The molecule has 3 rings (SSSR count). The standard InChI is InChI=1S/C17H27N5O3/c1-3-5-21-12-14(13(2)19-21)16(23)22-6-4-18-11-15(22)17(24)20-7-9-25-10-8-20/h12,15,18H,3-11H2,1-2H3/t15-/m0/s1. The van der Waals surface area contributed by atoms with Gasteiger partial charge < -0.3 is 19.9 Å². The summed E-state index contributed by atoms with van der Waals surface area (Å²) < 4.78 is 7.13. The first-order chi connectivity index (χ1) is 12.1. The molecule has 138 valence electrons. The van der Waals surface area contributed by atoms with Crippen LogP contribution >= 0.6 is 0 Å². The third-order valence-corrected chi connectivity index (χ3v) is 4.74. The second-order valence-electron chi connectivity index (χ2n) is 6.55. The van der Waals surface area contributed by atoms with Gasteiger partial charge in [0.25, 0.3) is 5.91 Å². The van der Waals surface area contributed by atoms with Crippen LogP contribution in [-0.4, -0.2) is 83.4 Å². The number of rotatable bonds is 4. The number of nitrogens with zero attached hydrogens (tertiary/aromatic N) is 4. The van der Waals surface area contributed by atoms with Crippen molar-refractivity contribution in [3.63, 3.8) is 0 Å². The largest absolute Gasteiger partial charge is 0.378 e. The van der Waals surface area contributed by atoms with Crippen molar-refractivity contribution >= 4 is 11.8 Å². The van der Waals surface area contributed by atoms with Gasteiger partial charge in [0.15, 0.2) is 0 Å². The Balaban J connectivity index is 1.77. The lowest BCUT2D eigenvalue weighted by molar-refractivity contribution is -0.140. The zero-order chi connectivity index (χ0) is 17.8. The summed E-state index contributed by atoms with van der Waals surface area (Å²) in [6, 6.07) is -0.465. The molecule has 3 heterocycles. The molecule has 0 radical (unpaired) electrons. The van der Waals surface area contributed by atoms with Crippen molar-refractivity contribution < 1.29 is 14.3 Å². The molecule has 2 aliphatic rings. The summed E-state index contributed by atoms with van der Waals surface area (Å²) in [7, 11) is 0. The fraction of sp³-hybridized carbons (Fsp3) is 0.706. The van der Waals surface area contributed by atoms with Gasteiger partial charge in [0, 0.05) is 45.5 Å². The molecule has 8 heteroatoms. The summed E-state index contributed by atoms with van der Waals surface area (Å²) in [6.45, 7) is 8.71. The fourth-order valence-electron chi connectivity index (χ4n) is 3.39. The number of ether oxygens (including phenoxy) is 1. The highest BCUT2D eigenvalue weighted by Crippen LogP contribution is 2.16. The highest BCUT2D eigenvalue weighted by molar-refractivity contribution is 5.98. The third kappa shape index (κ3) is 3.85. The molecule has 8 nitrogen and oxygen atoms in total. The van der Waals surface area contributed by atoms with E-state index in [2.05, 4.69) is 17.3 Å². The SMILES string of the molecule is CCCn1cc(C(=O)N2CCNC[C@H]2C(=O)N2CCOCC2)c(C)n1. The molecule has 2 fully saturated rings. The van der Waals surface area contributed by atoms with Crippen molar-refractivity contribution in [2.24, 2.45) is 0 Å². The maximum atomic E-state index is 13.1. The van der Waals surface area contributed by atoms with Gasteiger partial charge in [-0.1, -0.05) is 6.92 Å². The van der Waals surface area contributed by atoms with Crippen LogP contribution in [0.15, 0.2) is 6.20 Å². The second-order valence-corrected chi connectivity index (χ2v) is 6.55. The summed E-state index contributed by atoms with van der Waals surface area (Å²) in [4.78, 5) is 29.5. The number of aryl methyl sites for hydroxylation is 2. The van der Waals surface area contributed by atoms with Gasteiger partial charge in [0.1, 0.15) is 6.04 Å². The maximum absolute atomic E-state index is 13.1. The van der Waals surface area contributed by atoms with Gasteiger partial charge in [0.05, 0.1) is 24.5 Å². The molecule has 0 unspecified atom stereocenters. The number of aromatic nitrogens is 2. The predicted molar refractivity (Wildman–Crippen MR) is 92.3 cm³/mol. The van der Waals surface area contributed by atoms with Crippen molar-refractivity contribution in [2.75, 3.05) is 45.9 Å². The minimum Gasteiger partial charge on any atom is -0.378 e. The smallest absolute Gasteiger partial charge is 0.258 e. The molecule has 0 aliphatic carbocycles. The Hall–Kier alpha value is -1.93. The molecule has 2 aliphatic heterocycles. The van der Waals surface area contributed by atoms with Crippen molar-refractivity contribution in [1.82, 2.24) is 24.9 Å². The van der Waals surface area contributed by atoms with E-state index in [-0.39, 0.29) is 11.8 Å². The van der Waals surface area contributed by atoms with Crippen molar-refractivity contribution in [2.45, 2.75) is 32.9 Å². The molecule has 0 saturated carbocycles. The van der Waals surface area contributed by atoms with Gasteiger partial charge in [-0.15, -0.1) is 0 Å². The van der Waals surface area contributed by atoms with Crippen LogP contribution in [0.3, 0.4) is 0 Å². The number of hydrogen-bond acceptors (Lipinski definition) is 5. The average molecular weight is 349 g/mol. The first-order valence-electron chi connectivity index (χ1n) is 9.04. The third-order valence-electron chi connectivity index (χ3n) is 4.74. The molecule has 0 bridgehead atoms. The molecular weight excluding hydrogens is 322 g/mol. The lowest BCUT2D eigenvalue weighted by Crippen LogP contribution is -2.61. The molecule has 2 amide bonds.